The predicted octanol–water partition coefficient (Wildman–Crippen LogP) is 1.77. The van der Waals surface area contributed by atoms with Gasteiger partial charge in [0.1, 0.15) is 6.10 Å². The van der Waals surface area contributed by atoms with Gasteiger partial charge in [-0.1, -0.05) is 18.2 Å². The highest BCUT2D eigenvalue weighted by Crippen LogP contribution is 2.55. The molecule has 0 aromatic heterocycles. The van der Waals surface area contributed by atoms with Gasteiger partial charge in [-0.2, -0.15) is 0 Å². The third-order valence-corrected chi connectivity index (χ3v) is 5.18. The maximum atomic E-state index is 11.4. The van der Waals surface area contributed by atoms with Gasteiger partial charge in [0.2, 0.25) is 0 Å². The van der Waals surface area contributed by atoms with Crippen LogP contribution in [0.25, 0.3) is 0 Å². The highest BCUT2D eigenvalue weighted by atomic mass is 16.6. The summed E-state index contributed by atoms with van der Waals surface area (Å²) in [5, 5.41) is 10.0. The molecule has 1 aromatic carbocycles. The number of hydrogen-bond donors (Lipinski definition) is 1. The average molecular weight is 315 g/mol. The quantitative estimate of drug-likeness (QED) is 0.486. The molecular formula is C18H21NO4. The maximum Gasteiger partial charge on any atom is 0.308 e. The fraction of sp³-hybridized carbons (Fsp3) is 0.500. The van der Waals surface area contributed by atoms with Crippen LogP contribution in [0.1, 0.15) is 30.9 Å². The summed E-state index contributed by atoms with van der Waals surface area (Å²) in [7, 11) is 2.11. The Bertz CT molecular complexity index is 699. The third-order valence-electron chi connectivity index (χ3n) is 5.18. The minimum atomic E-state index is -0.485. The zero-order valence-corrected chi connectivity index (χ0v) is 13.4. The molecule has 0 bridgehead atoms. The summed E-state index contributed by atoms with van der Waals surface area (Å²) in [5.41, 5.74) is 2.11. The molecule has 3 atom stereocenters. The molecule has 1 N–H and O–H groups in total. The Morgan fingerprint density at radius 1 is 1.48 bits per heavy atom. The fourth-order valence-electron chi connectivity index (χ4n) is 4.15. The van der Waals surface area contributed by atoms with Crippen LogP contribution in [0.3, 0.4) is 0 Å². The van der Waals surface area contributed by atoms with Gasteiger partial charge in [-0.25, -0.2) is 0 Å². The lowest BCUT2D eigenvalue weighted by Crippen LogP contribution is -2.42. The van der Waals surface area contributed by atoms with Crippen molar-refractivity contribution in [2.24, 2.45) is 0 Å². The summed E-state index contributed by atoms with van der Waals surface area (Å²) in [4.78, 5) is 13.7. The molecule has 0 amide bonds. The normalized spacial score (nSPS) is 31.8. The van der Waals surface area contributed by atoms with Crippen molar-refractivity contribution in [1.29, 1.82) is 0 Å². The van der Waals surface area contributed by atoms with Gasteiger partial charge in [0.25, 0.3) is 0 Å². The topological polar surface area (TPSA) is 59.0 Å². The lowest BCUT2D eigenvalue weighted by atomic mass is 9.69. The Balaban J connectivity index is 1.91. The van der Waals surface area contributed by atoms with Crippen molar-refractivity contribution in [2.75, 3.05) is 13.6 Å². The Morgan fingerprint density at radius 3 is 3.09 bits per heavy atom. The standard InChI is InChI=1S/C18H21NO4/c1-11(20)22-14-4-3-12-10-19(2)8-7-18-6-5-13(21)9-15(18)23-17(14)16(12)18/h3-6,13,15,21H,7-10H2,1-2H3/t13-,15?,18-/m0/s1. The number of nitrogens with zero attached hydrogens (tertiary/aromatic N) is 1. The van der Waals surface area contributed by atoms with Gasteiger partial charge < -0.3 is 19.5 Å². The van der Waals surface area contributed by atoms with E-state index >= 15 is 0 Å². The van der Waals surface area contributed by atoms with E-state index in [9.17, 15) is 9.90 Å². The van der Waals surface area contributed by atoms with Crippen LogP contribution >= 0.6 is 0 Å². The van der Waals surface area contributed by atoms with Crippen LogP contribution in [-0.4, -0.2) is 41.8 Å². The van der Waals surface area contributed by atoms with Gasteiger partial charge in [0, 0.05) is 25.5 Å². The zero-order chi connectivity index (χ0) is 16.2. The number of esters is 1. The Kier molecular flexibility index (Phi) is 3.25. The number of benzene rings is 1. The van der Waals surface area contributed by atoms with Gasteiger partial charge in [0.05, 0.1) is 11.5 Å². The van der Waals surface area contributed by atoms with Crippen LogP contribution in [0, 0.1) is 0 Å². The van der Waals surface area contributed by atoms with Crippen LogP contribution in [0.15, 0.2) is 24.3 Å². The number of ether oxygens (including phenoxy) is 2. The first-order valence-electron chi connectivity index (χ1n) is 8.07. The molecule has 4 rings (SSSR count). The minimum Gasteiger partial charge on any atom is -0.485 e. The van der Waals surface area contributed by atoms with E-state index in [1.165, 1.54) is 12.5 Å². The molecule has 122 valence electrons. The van der Waals surface area contributed by atoms with Crippen LogP contribution in [0.4, 0.5) is 0 Å². The number of carbonyl (C=O) groups excluding carboxylic acids is 1. The van der Waals surface area contributed by atoms with Gasteiger partial charge in [-0.3, -0.25) is 4.79 Å². The van der Waals surface area contributed by atoms with Crippen LogP contribution in [-0.2, 0) is 16.8 Å². The van der Waals surface area contributed by atoms with E-state index in [0.29, 0.717) is 17.9 Å². The second-order valence-electron chi connectivity index (χ2n) is 6.82. The predicted molar refractivity (Wildman–Crippen MR) is 84.6 cm³/mol. The minimum absolute atomic E-state index is 0.112. The number of aliphatic hydroxyl groups is 1. The second kappa shape index (κ2) is 5.08. The first kappa shape index (κ1) is 14.7. The van der Waals surface area contributed by atoms with Crippen molar-refractivity contribution in [1.82, 2.24) is 4.90 Å². The molecule has 5 nitrogen and oxygen atoms in total. The molecule has 5 heteroatoms. The van der Waals surface area contributed by atoms with Crippen molar-refractivity contribution in [2.45, 2.75) is 43.9 Å². The van der Waals surface area contributed by atoms with E-state index in [1.807, 2.05) is 18.2 Å². The van der Waals surface area contributed by atoms with Crippen molar-refractivity contribution in [3.63, 3.8) is 0 Å². The molecule has 0 radical (unpaired) electrons. The lowest BCUT2D eigenvalue weighted by Gasteiger charge is -2.35. The Morgan fingerprint density at radius 2 is 2.30 bits per heavy atom. The summed E-state index contributed by atoms with van der Waals surface area (Å²) in [6, 6.07) is 3.85. The lowest BCUT2D eigenvalue weighted by molar-refractivity contribution is -0.132. The third kappa shape index (κ3) is 2.18. The molecule has 1 aromatic rings. The van der Waals surface area contributed by atoms with Gasteiger partial charge in [0.15, 0.2) is 11.5 Å². The summed E-state index contributed by atoms with van der Waals surface area (Å²) in [6.45, 7) is 3.20. The van der Waals surface area contributed by atoms with E-state index in [1.54, 1.807) is 0 Å². The summed E-state index contributed by atoms with van der Waals surface area (Å²) in [5.74, 6) is 0.809. The van der Waals surface area contributed by atoms with E-state index in [4.69, 9.17) is 9.47 Å². The first-order valence-corrected chi connectivity index (χ1v) is 8.07. The highest BCUT2D eigenvalue weighted by molar-refractivity contribution is 5.72. The van der Waals surface area contributed by atoms with E-state index < -0.39 is 6.10 Å². The Hall–Kier alpha value is -1.85. The number of rotatable bonds is 1. The average Bonchev–Trinajstić information content (AvgIpc) is 2.74. The summed E-state index contributed by atoms with van der Waals surface area (Å²) < 4.78 is 11.6. The summed E-state index contributed by atoms with van der Waals surface area (Å²) in [6.07, 6.45) is 4.89. The molecule has 23 heavy (non-hydrogen) atoms. The van der Waals surface area contributed by atoms with E-state index in [-0.39, 0.29) is 17.5 Å². The summed E-state index contributed by atoms with van der Waals surface area (Å²) >= 11 is 0. The smallest absolute Gasteiger partial charge is 0.308 e. The number of aliphatic hydroxyl groups excluding tert-OH is 1. The van der Waals surface area contributed by atoms with Gasteiger partial charge in [-0.15, -0.1) is 0 Å². The molecule has 1 spiro atoms. The van der Waals surface area contributed by atoms with Crippen molar-refractivity contribution in [3.8, 4) is 11.5 Å². The molecule has 1 unspecified atom stereocenters. The SMILES string of the molecule is CC(=O)Oc1ccc2c3c1OC1C[C@@H](O)C=C[C@@]31CCN(C)C2. The largest absolute Gasteiger partial charge is 0.485 e. The highest BCUT2D eigenvalue weighted by Gasteiger charge is 2.52. The molecule has 0 saturated heterocycles. The number of hydrogen-bond acceptors (Lipinski definition) is 5. The van der Waals surface area contributed by atoms with Crippen molar-refractivity contribution < 1.29 is 19.4 Å². The van der Waals surface area contributed by atoms with E-state index in [2.05, 4.69) is 18.0 Å². The monoisotopic (exact) mass is 315 g/mol. The second-order valence-corrected chi connectivity index (χ2v) is 6.82. The maximum absolute atomic E-state index is 11.4. The molecule has 2 heterocycles. The van der Waals surface area contributed by atoms with Crippen LogP contribution in [0.2, 0.25) is 0 Å². The molecule has 1 aliphatic carbocycles. The zero-order valence-electron chi connectivity index (χ0n) is 13.4. The van der Waals surface area contributed by atoms with Gasteiger partial charge in [-0.05, 0) is 31.6 Å². The number of carbonyl (C=O) groups is 1. The van der Waals surface area contributed by atoms with Crippen molar-refractivity contribution in [3.05, 3.63) is 35.4 Å². The van der Waals surface area contributed by atoms with Crippen LogP contribution in [0.5, 0.6) is 11.5 Å². The molecule has 0 saturated carbocycles. The Labute approximate surface area is 135 Å². The fourth-order valence-corrected chi connectivity index (χ4v) is 4.15. The van der Waals surface area contributed by atoms with E-state index in [0.717, 1.165) is 25.1 Å². The first-order chi connectivity index (χ1) is 11.0. The van der Waals surface area contributed by atoms with Crippen molar-refractivity contribution >= 4 is 5.97 Å². The molecular weight excluding hydrogens is 294 g/mol. The van der Waals surface area contributed by atoms with Crippen LogP contribution < -0.4 is 9.47 Å². The molecule has 3 aliphatic rings. The molecule has 0 fully saturated rings. The molecule has 2 aliphatic heterocycles. The van der Waals surface area contributed by atoms with Gasteiger partial charge >= 0.3 is 5.97 Å².